The van der Waals surface area contributed by atoms with Gasteiger partial charge < -0.3 is 5.32 Å². The van der Waals surface area contributed by atoms with E-state index >= 15 is 0 Å². The van der Waals surface area contributed by atoms with Crippen LogP contribution in [0.4, 0.5) is 8.78 Å². The number of carbonyl (C=O) groups is 1. The molecule has 1 amide bonds. The van der Waals surface area contributed by atoms with E-state index in [4.69, 9.17) is 0 Å². The summed E-state index contributed by atoms with van der Waals surface area (Å²) in [5, 5.41) is 2.84. The minimum atomic E-state index is -0.668. The molecule has 110 valence electrons. The van der Waals surface area contributed by atoms with Gasteiger partial charge in [0.25, 0.3) is 0 Å². The van der Waals surface area contributed by atoms with Crippen LogP contribution >= 0.6 is 15.9 Å². The zero-order chi connectivity index (χ0) is 14.5. The van der Waals surface area contributed by atoms with E-state index < -0.39 is 11.6 Å². The number of carbonyl (C=O) groups excluding carboxylic acids is 1. The van der Waals surface area contributed by atoms with Gasteiger partial charge in [-0.2, -0.15) is 0 Å². The van der Waals surface area contributed by atoms with Crippen LogP contribution in [-0.4, -0.2) is 17.3 Å². The lowest BCUT2D eigenvalue weighted by Gasteiger charge is -2.25. The van der Waals surface area contributed by atoms with Gasteiger partial charge in [-0.3, -0.25) is 4.79 Å². The largest absolute Gasteiger partial charge is 0.356 e. The average Bonchev–Trinajstić information content (AvgIpc) is 2.40. The smallest absolute Gasteiger partial charge is 0.224 e. The molecule has 1 aromatic rings. The monoisotopic (exact) mass is 345 g/mol. The van der Waals surface area contributed by atoms with Crippen LogP contribution in [0, 0.1) is 17.6 Å². The third-order valence-electron chi connectivity index (χ3n) is 3.67. The molecular formula is C15H18BrF2NO. The van der Waals surface area contributed by atoms with Gasteiger partial charge in [-0.05, 0) is 36.8 Å². The maximum absolute atomic E-state index is 13.4. The molecule has 5 heteroatoms. The van der Waals surface area contributed by atoms with Crippen LogP contribution in [0.1, 0.15) is 31.2 Å². The van der Waals surface area contributed by atoms with E-state index in [1.807, 2.05) is 0 Å². The Morgan fingerprint density at radius 3 is 2.85 bits per heavy atom. The Morgan fingerprint density at radius 2 is 2.15 bits per heavy atom. The summed E-state index contributed by atoms with van der Waals surface area (Å²) in [5.41, 5.74) is 0.228. The predicted molar refractivity (Wildman–Crippen MR) is 77.7 cm³/mol. The van der Waals surface area contributed by atoms with Gasteiger partial charge in [0.2, 0.25) is 5.91 Å². The molecule has 0 saturated heterocycles. The number of nitrogens with one attached hydrogen (secondary N) is 1. The lowest BCUT2D eigenvalue weighted by atomic mass is 9.89. The topological polar surface area (TPSA) is 29.1 Å². The number of alkyl halides is 1. The lowest BCUT2D eigenvalue weighted by Crippen LogP contribution is -2.33. The van der Waals surface area contributed by atoms with E-state index in [0.717, 1.165) is 18.9 Å². The van der Waals surface area contributed by atoms with E-state index in [1.165, 1.54) is 25.0 Å². The van der Waals surface area contributed by atoms with Gasteiger partial charge in [-0.25, -0.2) is 8.78 Å². The molecule has 2 unspecified atom stereocenters. The number of hydrogen-bond donors (Lipinski definition) is 1. The van der Waals surface area contributed by atoms with Gasteiger partial charge in [0, 0.05) is 17.4 Å². The molecule has 0 radical (unpaired) electrons. The summed E-state index contributed by atoms with van der Waals surface area (Å²) in [6.45, 7) is 0.629. The molecular weight excluding hydrogens is 328 g/mol. The summed E-state index contributed by atoms with van der Waals surface area (Å²) in [7, 11) is 0. The standard InChI is InChI=1S/C15H18BrF2NO/c16-12-3-1-2-10(6-12)9-19-15(20)7-11-4-5-13(17)8-14(11)18/h4-5,8,10,12H,1-3,6-7,9H2,(H,19,20). The van der Waals surface area contributed by atoms with Gasteiger partial charge in [0.15, 0.2) is 0 Å². The summed E-state index contributed by atoms with van der Waals surface area (Å²) in [4.78, 5) is 12.3. The zero-order valence-electron chi connectivity index (χ0n) is 11.2. The highest BCUT2D eigenvalue weighted by atomic mass is 79.9. The predicted octanol–water partition coefficient (Wildman–Crippen LogP) is 3.58. The van der Waals surface area contributed by atoms with E-state index in [2.05, 4.69) is 21.2 Å². The van der Waals surface area contributed by atoms with Crippen molar-refractivity contribution >= 4 is 21.8 Å². The normalized spacial score (nSPS) is 22.6. The molecule has 20 heavy (non-hydrogen) atoms. The van der Waals surface area contributed by atoms with Crippen LogP contribution < -0.4 is 5.32 Å². The maximum Gasteiger partial charge on any atom is 0.224 e. The molecule has 0 heterocycles. The summed E-state index contributed by atoms with van der Waals surface area (Å²) in [6.07, 6.45) is 4.49. The minimum Gasteiger partial charge on any atom is -0.356 e. The van der Waals surface area contributed by atoms with E-state index in [1.54, 1.807) is 0 Å². The molecule has 1 N–H and O–H groups in total. The van der Waals surface area contributed by atoms with Gasteiger partial charge in [0.05, 0.1) is 6.42 Å². The number of halogens is 3. The van der Waals surface area contributed by atoms with Gasteiger partial charge in [-0.15, -0.1) is 0 Å². The minimum absolute atomic E-state index is 0.0451. The second kappa shape index (κ2) is 7.16. The second-order valence-corrected chi connectivity index (χ2v) is 6.64. The van der Waals surface area contributed by atoms with Crippen LogP contribution in [0.25, 0.3) is 0 Å². The van der Waals surface area contributed by atoms with Crippen LogP contribution in [0.3, 0.4) is 0 Å². The fourth-order valence-corrected chi connectivity index (χ4v) is 3.42. The van der Waals surface area contributed by atoms with Crippen molar-refractivity contribution in [2.24, 2.45) is 5.92 Å². The molecule has 1 aliphatic rings. The van der Waals surface area contributed by atoms with Gasteiger partial charge in [-0.1, -0.05) is 28.4 Å². The summed E-state index contributed by atoms with van der Waals surface area (Å²) in [5.74, 6) is -1.03. The Balaban J connectivity index is 1.80. The molecule has 0 aliphatic heterocycles. The maximum atomic E-state index is 13.4. The first-order valence-corrected chi connectivity index (χ1v) is 7.81. The quantitative estimate of drug-likeness (QED) is 0.830. The number of hydrogen-bond acceptors (Lipinski definition) is 1. The van der Waals surface area contributed by atoms with Crippen molar-refractivity contribution in [1.82, 2.24) is 5.32 Å². The molecule has 2 rings (SSSR count). The van der Waals surface area contributed by atoms with Crippen LogP contribution in [0.2, 0.25) is 0 Å². The summed E-state index contributed by atoms with van der Waals surface area (Å²) in [6, 6.07) is 3.29. The van der Waals surface area contributed by atoms with Crippen molar-refractivity contribution < 1.29 is 13.6 Å². The van der Waals surface area contributed by atoms with Crippen LogP contribution in [-0.2, 0) is 11.2 Å². The Kier molecular flexibility index (Phi) is 5.52. The highest BCUT2D eigenvalue weighted by Crippen LogP contribution is 2.28. The number of benzene rings is 1. The molecule has 2 atom stereocenters. The van der Waals surface area contributed by atoms with Crippen molar-refractivity contribution in [2.45, 2.75) is 36.9 Å². The van der Waals surface area contributed by atoms with E-state index in [0.29, 0.717) is 17.3 Å². The molecule has 1 aliphatic carbocycles. The van der Waals surface area contributed by atoms with Crippen molar-refractivity contribution in [1.29, 1.82) is 0 Å². The average molecular weight is 346 g/mol. The molecule has 0 aromatic heterocycles. The van der Waals surface area contributed by atoms with Crippen molar-refractivity contribution in [3.05, 3.63) is 35.4 Å². The second-order valence-electron chi connectivity index (χ2n) is 5.35. The Bertz CT molecular complexity index is 481. The van der Waals surface area contributed by atoms with Crippen LogP contribution in [0.15, 0.2) is 18.2 Å². The Morgan fingerprint density at radius 1 is 1.35 bits per heavy atom. The zero-order valence-corrected chi connectivity index (χ0v) is 12.8. The summed E-state index contributed by atoms with van der Waals surface area (Å²) < 4.78 is 26.2. The SMILES string of the molecule is O=C(Cc1ccc(F)cc1F)NCC1CCCC(Br)C1. The van der Waals surface area contributed by atoms with Crippen LogP contribution in [0.5, 0.6) is 0 Å². The highest BCUT2D eigenvalue weighted by Gasteiger charge is 2.20. The summed E-state index contributed by atoms with van der Waals surface area (Å²) >= 11 is 3.61. The molecule has 0 spiro atoms. The van der Waals surface area contributed by atoms with Crippen molar-refractivity contribution in [3.8, 4) is 0 Å². The first kappa shape index (κ1) is 15.4. The molecule has 1 aromatic carbocycles. The molecule has 1 saturated carbocycles. The van der Waals surface area contributed by atoms with E-state index in [-0.39, 0.29) is 17.9 Å². The first-order valence-electron chi connectivity index (χ1n) is 6.89. The number of rotatable bonds is 4. The number of amides is 1. The Labute approximate surface area is 126 Å². The molecule has 1 fully saturated rings. The molecule has 2 nitrogen and oxygen atoms in total. The first-order chi connectivity index (χ1) is 9.54. The lowest BCUT2D eigenvalue weighted by molar-refractivity contribution is -0.120. The molecule has 0 bridgehead atoms. The highest BCUT2D eigenvalue weighted by molar-refractivity contribution is 9.09. The fraction of sp³-hybridized carbons (Fsp3) is 0.533. The van der Waals surface area contributed by atoms with Crippen molar-refractivity contribution in [3.63, 3.8) is 0 Å². The van der Waals surface area contributed by atoms with Gasteiger partial charge in [0.1, 0.15) is 11.6 Å². The fourth-order valence-electron chi connectivity index (χ4n) is 2.57. The van der Waals surface area contributed by atoms with Gasteiger partial charge >= 0.3 is 0 Å². The third kappa shape index (κ3) is 4.54. The van der Waals surface area contributed by atoms with E-state index in [9.17, 15) is 13.6 Å². The third-order valence-corrected chi connectivity index (χ3v) is 4.50. The van der Waals surface area contributed by atoms with Crippen molar-refractivity contribution in [2.75, 3.05) is 6.54 Å². The Hall–Kier alpha value is -0.970.